The molecule has 1 unspecified atom stereocenters. The third-order valence-electron chi connectivity index (χ3n) is 3.19. The molecule has 2 heterocycles. The Labute approximate surface area is 132 Å². The number of thioether (sulfide) groups is 1. The Morgan fingerprint density at radius 1 is 1.45 bits per heavy atom. The lowest BCUT2D eigenvalue weighted by molar-refractivity contribution is 0.0997. The average Bonchev–Trinajstić information content (AvgIpc) is 2.48. The maximum Gasteiger partial charge on any atom is 0.118 e. The second-order valence-electron chi connectivity index (χ2n) is 4.52. The Bertz CT molecular complexity index is 565. The van der Waals surface area contributed by atoms with Crippen molar-refractivity contribution in [2.24, 2.45) is 10.2 Å². The number of nitrogens with zero attached hydrogens (tertiary/aromatic N) is 3. The van der Waals surface area contributed by atoms with Gasteiger partial charge in [-0.1, -0.05) is 17.7 Å². The molecule has 3 rings (SSSR count). The lowest BCUT2D eigenvalue weighted by atomic mass is 10.1. The molecule has 1 aromatic rings. The Morgan fingerprint density at radius 3 is 3.10 bits per heavy atom. The van der Waals surface area contributed by atoms with Crippen LogP contribution in [0.5, 0.6) is 0 Å². The first-order chi connectivity index (χ1) is 9.74. The van der Waals surface area contributed by atoms with Crippen LogP contribution in [0.1, 0.15) is 5.56 Å². The summed E-state index contributed by atoms with van der Waals surface area (Å²) in [6, 6.07) is 5.99. The van der Waals surface area contributed by atoms with Crippen LogP contribution in [0, 0.1) is 0 Å². The molecule has 20 heavy (non-hydrogen) atoms. The summed E-state index contributed by atoms with van der Waals surface area (Å²) >= 11 is 12.4. The van der Waals surface area contributed by atoms with Gasteiger partial charge in [-0.2, -0.15) is 10.2 Å². The number of hydrogen-bond acceptors (Lipinski definition) is 6. The molecule has 0 N–H and O–H groups in total. The van der Waals surface area contributed by atoms with Crippen LogP contribution in [0.4, 0.5) is 5.69 Å². The molecule has 1 fully saturated rings. The molecule has 2 aliphatic rings. The number of halogens is 1. The van der Waals surface area contributed by atoms with Crippen LogP contribution in [-0.4, -0.2) is 42.1 Å². The van der Waals surface area contributed by atoms with E-state index in [1.54, 1.807) is 17.3 Å². The normalized spacial score (nSPS) is 22.8. The largest absolute Gasteiger partial charge is 0.365 e. The molecule has 2 aliphatic heterocycles. The van der Waals surface area contributed by atoms with E-state index >= 15 is 0 Å². The van der Waals surface area contributed by atoms with Crippen LogP contribution in [0.3, 0.4) is 0 Å². The van der Waals surface area contributed by atoms with Gasteiger partial charge in [0.25, 0.3) is 0 Å². The van der Waals surface area contributed by atoms with Crippen LogP contribution < -0.4 is 4.90 Å². The van der Waals surface area contributed by atoms with Gasteiger partial charge in [0, 0.05) is 17.9 Å². The molecule has 7 heteroatoms. The monoisotopic (exact) mass is 327 g/mol. The number of hydrogen-bond donors (Lipinski definition) is 1. The number of benzene rings is 1. The Kier molecular flexibility index (Phi) is 4.55. The van der Waals surface area contributed by atoms with Crippen LogP contribution in [0.2, 0.25) is 5.02 Å². The molecular formula is C13H14ClN3OS2. The quantitative estimate of drug-likeness (QED) is 0.849. The van der Waals surface area contributed by atoms with Gasteiger partial charge in [0.05, 0.1) is 35.1 Å². The topological polar surface area (TPSA) is 37.2 Å². The van der Waals surface area contributed by atoms with Crippen molar-refractivity contribution in [2.45, 2.75) is 5.44 Å². The summed E-state index contributed by atoms with van der Waals surface area (Å²) in [7, 11) is 0. The van der Waals surface area contributed by atoms with E-state index < -0.39 is 0 Å². The molecule has 0 saturated carbocycles. The van der Waals surface area contributed by atoms with Crippen molar-refractivity contribution in [1.82, 2.24) is 0 Å². The molecule has 0 radical (unpaired) electrons. The number of thiol groups is 1. The lowest BCUT2D eigenvalue weighted by Gasteiger charge is -2.33. The molecule has 0 bridgehead atoms. The van der Waals surface area contributed by atoms with E-state index in [0.717, 1.165) is 40.8 Å². The van der Waals surface area contributed by atoms with Gasteiger partial charge in [-0.3, -0.25) is 0 Å². The van der Waals surface area contributed by atoms with E-state index in [9.17, 15) is 0 Å². The lowest BCUT2D eigenvalue weighted by Crippen LogP contribution is -2.40. The average molecular weight is 328 g/mol. The molecule has 0 spiro atoms. The maximum absolute atomic E-state index is 6.33. The van der Waals surface area contributed by atoms with E-state index in [2.05, 4.69) is 33.8 Å². The minimum Gasteiger partial charge on any atom is -0.365 e. The molecule has 0 amide bonds. The Morgan fingerprint density at radius 2 is 2.35 bits per heavy atom. The van der Waals surface area contributed by atoms with Gasteiger partial charge in [0.2, 0.25) is 0 Å². The fourth-order valence-electron chi connectivity index (χ4n) is 2.20. The van der Waals surface area contributed by atoms with Gasteiger partial charge in [0.1, 0.15) is 5.44 Å². The van der Waals surface area contributed by atoms with E-state index in [4.69, 9.17) is 16.3 Å². The predicted molar refractivity (Wildman–Crippen MR) is 89.9 cm³/mol. The first-order valence-electron chi connectivity index (χ1n) is 6.28. The van der Waals surface area contributed by atoms with Gasteiger partial charge in [-0.05, 0) is 12.1 Å². The number of rotatable bonds is 2. The van der Waals surface area contributed by atoms with E-state index in [1.165, 1.54) is 0 Å². The van der Waals surface area contributed by atoms with Crippen LogP contribution >= 0.6 is 36.0 Å². The van der Waals surface area contributed by atoms with Crippen molar-refractivity contribution in [3.05, 3.63) is 28.8 Å². The van der Waals surface area contributed by atoms with Gasteiger partial charge in [0.15, 0.2) is 0 Å². The highest BCUT2D eigenvalue weighted by Crippen LogP contribution is 2.29. The van der Waals surface area contributed by atoms with E-state index in [0.29, 0.717) is 6.61 Å². The molecule has 4 nitrogen and oxygen atoms in total. The molecular weight excluding hydrogens is 314 g/mol. The maximum atomic E-state index is 6.33. The fraction of sp³-hybridized carbons (Fsp3) is 0.385. The summed E-state index contributed by atoms with van der Waals surface area (Å²) in [6.07, 6.45) is 0. The van der Waals surface area contributed by atoms with Crippen molar-refractivity contribution in [3.63, 3.8) is 0 Å². The molecule has 1 saturated heterocycles. The molecule has 0 aliphatic carbocycles. The highest BCUT2D eigenvalue weighted by atomic mass is 35.5. The fourth-order valence-corrected chi connectivity index (χ4v) is 3.31. The van der Waals surface area contributed by atoms with Gasteiger partial charge < -0.3 is 9.64 Å². The second-order valence-corrected chi connectivity index (χ2v) is 6.33. The predicted octanol–water partition coefficient (Wildman–Crippen LogP) is 2.91. The highest BCUT2D eigenvalue weighted by Gasteiger charge is 2.20. The molecule has 1 atom stereocenters. The van der Waals surface area contributed by atoms with Crippen molar-refractivity contribution in [3.8, 4) is 0 Å². The molecule has 1 aromatic carbocycles. The van der Waals surface area contributed by atoms with Gasteiger partial charge in [-0.25, -0.2) is 0 Å². The number of anilines is 1. The zero-order chi connectivity index (χ0) is 13.9. The van der Waals surface area contributed by atoms with Crippen LogP contribution in [0.25, 0.3) is 0 Å². The van der Waals surface area contributed by atoms with E-state index in [1.807, 2.05) is 12.1 Å². The van der Waals surface area contributed by atoms with Gasteiger partial charge >= 0.3 is 0 Å². The van der Waals surface area contributed by atoms with E-state index in [-0.39, 0.29) is 5.44 Å². The number of morpholine rings is 1. The van der Waals surface area contributed by atoms with Crippen molar-refractivity contribution in [2.75, 3.05) is 30.3 Å². The third-order valence-corrected chi connectivity index (χ3v) is 4.50. The van der Waals surface area contributed by atoms with Crippen molar-refractivity contribution >= 4 is 52.9 Å². The zero-order valence-electron chi connectivity index (χ0n) is 10.7. The van der Waals surface area contributed by atoms with Crippen molar-refractivity contribution < 1.29 is 4.74 Å². The summed E-state index contributed by atoms with van der Waals surface area (Å²) in [5.74, 6) is 0.836. The SMILES string of the molecule is SC1CN(c2cc(C3=NN=CSC3)ccc2Cl)CCO1. The minimum atomic E-state index is -0.0735. The second kappa shape index (κ2) is 6.39. The summed E-state index contributed by atoms with van der Waals surface area (Å²) < 4.78 is 5.45. The number of ether oxygens (including phenoxy) is 1. The first kappa shape index (κ1) is 14.3. The summed E-state index contributed by atoms with van der Waals surface area (Å²) in [6.45, 7) is 2.21. The Hall–Kier alpha value is -0.690. The summed E-state index contributed by atoms with van der Waals surface area (Å²) in [4.78, 5) is 2.20. The zero-order valence-corrected chi connectivity index (χ0v) is 13.2. The minimum absolute atomic E-state index is 0.0735. The highest BCUT2D eigenvalue weighted by molar-refractivity contribution is 8.12. The van der Waals surface area contributed by atoms with Crippen molar-refractivity contribution in [1.29, 1.82) is 0 Å². The smallest absolute Gasteiger partial charge is 0.118 e. The summed E-state index contributed by atoms with van der Waals surface area (Å²) in [5, 5.41) is 8.89. The first-order valence-corrected chi connectivity index (χ1v) is 8.23. The molecule has 0 aromatic heterocycles. The third kappa shape index (κ3) is 3.14. The van der Waals surface area contributed by atoms with Gasteiger partial charge in [-0.15, -0.1) is 24.4 Å². The van der Waals surface area contributed by atoms with Crippen LogP contribution in [0.15, 0.2) is 28.4 Å². The Balaban J connectivity index is 1.90. The van der Waals surface area contributed by atoms with Crippen LogP contribution in [-0.2, 0) is 4.74 Å². The molecule has 106 valence electrons. The summed E-state index contributed by atoms with van der Waals surface area (Å²) in [5.41, 5.74) is 4.74. The standard InChI is InChI=1S/C13H14ClN3OS2/c14-10-2-1-9(11-7-20-8-15-16-11)5-12(10)17-3-4-18-13(19)6-17/h1-2,5,8,13,19H,3-4,6-7H2.